The van der Waals surface area contributed by atoms with Crippen LogP contribution in [0.2, 0.25) is 0 Å². The Labute approximate surface area is 181 Å². The predicted molar refractivity (Wildman–Crippen MR) is 118 cm³/mol. The highest BCUT2D eigenvalue weighted by atomic mass is 19.1. The number of ether oxygens (including phenoxy) is 1. The molecule has 5 nitrogen and oxygen atoms in total. The van der Waals surface area contributed by atoms with Crippen molar-refractivity contribution in [3.8, 4) is 11.5 Å². The van der Waals surface area contributed by atoms with Crippen molar-refractivity contribution in [2.24, 2.45) is 5.73 Å². The molecule has 4 rings (SSSR count). The number of rotatable bonds is 6. The average Bonchev–Trinajstić information content (AvgIpc) is 2.82. The maximum Gasteiger partial charge on any atom is 0.256 e. The number of piperidine rings is 1. The van der Waals surface area contributed by atoms with E-state index in [9.17, 15) is 9.18 Å². The summed E-state index contributed by atoms with van der Waals surface area (Å²) in [5, 5.41) is 0. The van der Waals surface area contributed by atoms with Crippen molar-refractivity contribution < 1.29 is 13.9 Å². The molecule has 1 aromatic heterocycles. The number of pyridine rings is 1. The van der Waals surface area contributed by atoms with Crippen LogP contribution in [0.1, 0.15) is 40.2 Å². The lowest BCUT2D eigenvalue weighted by molar-refractivity contribution is 0.0708. The fourth-order valence-electron chi connectivity index (χ4n) is 3.98. The van der Waals surface area contributed by atoms with Crippen molar-refractivity contribution in [2.45, 2.75) is 25.2 Å². The molecule has 0 bridgehead atoms. The van der Waals surface area contributed by atoms with Crippen molar-refractivity contribution in [3.63, 3.8) is 0 Å². The maximum atomic E-state index is 14.5. The molecule has 31 heavy (non-hydrogen) atoms. The van der Waals surface area contributed by atoms with E-state index >= 15 is 0 Å². The number of carbonyl (C=O) groups is 1. The normalized spacial score (nSPS) is 14.5. The lowest BCUT2D eigenvalue weighted by atomic mass is 9.90. The Kier molecular flexibility index (Phi) is 6.57. The quantitative estimate of drug-likeness (QED) is 0.637. The molecule has 0 radical (unpaired) electrons. The smallest absolute Gasteiger partial charge is 0.256 e. The average molecular weight is 420 g/mol. The maximum absolute atomic E-state index is 14.5. The van der Waals surface area contributed by atoms with Crippen LogP contribution < -0.4 is 10.5 Å². The van der Waals surface area contributed by atoms with E-state index in [0.29, 0.717) is 37.1 Å². The van der Waals surface area contributed by atoms with Gasteiger partial charge in [-0.25, -0.2) is 4.39 Å². The number of likely N-dealkylation sites (tertiary alicyclic amines) is 1. The number of amides is 1. The van der Waals surface area contributed by atoms with Crippen molar-refractivity contribution in [1.82, 2.24) is 9.88 Å². The number of hydrogen-bond donors (Lipinski definition) is 1. The summed E-state index contributed by atoms with van der Waals surface area (Å²) in [6.07, 6.45) is 6.08. The minimum Gasteiger partial charge on any atom is -0.457 e. The molecule has 0 spiro atoms. The number of nitrogens with two attached hydrogens (primary N) is 1. The molecule has 1 amide bonds. The van der Waals surface area contributed by atoms with Gasteiger partial charge in [0.05, 0.1) is 5.56 Å². The molecule has 6 heteroatoms. The van der Waals surface area contributed by atoms with Crippen molar-refractivity contribution >= 4 is 5.91 Å². The summed E-state index contributed by atoms with van der Waals surface area (Å²) in [7, 11) is 0. The Hall–Kier alpha value is -3.25. The van der Waals surface area contributed by atoms with E-state index in [4.69, 9.17) is 10.5 Å². The van der Waals surface area contributed by atoms with Gasteiger partial charge in [-0.2, -0.15) is 0 Å². The van der Waals surface area contributed by atoms with Gasteiger partial charge in [0, 0.05) is 25.5 Å². The highest BCUT2D eigenvalue weighted by molar-refractivity contribution is 5.95. The van der Waals surface area contributed by atoms with Crippen LogP contribution in [0.5, 0.6) is 11.5 Å². The monoisotopic (exact) mass is 419 g/mol. The third-order valence-corrected chi connectivity index (χ3v) is 5.72. The van der Waals surface area contributed by atoms with Gasteiger partial charge in [-0.05, 0) is 85.3 Å². The van der Waals surface area contributed by atoms with Crippen molar-refractivity contribution in [1.29, 1.82) is 0 Å². The van der Waals surface area contributed by atoms with Gasteiger partial charge in [0.25, 0.3) is 5.91 Å². The number of aromatic nitrogens is 1. The number of benzene rings is 2. The van der Waals surface area contributed by atoms with Crippen LogP contribution >= 0.6 is 0 Å². The zero-order chi connectivity index (χ0) is 21.6. The summed E-state index contributed by atoms with van der Waals surface area (Å²) < 4.78 is 20.3. The standard InChI is InChI=1S/C25H26FN3O2/c26-24-6-5-22(31-21-3-1-18(2-4-21)7-12-27)17-23(24)25(30)29-15-10-20(11-16-29)19-8-13-28-14-9-19/h1-6,8-9,13-14,17,20H,7,10-12,15-16,27H2. The minimum atomic E-state index is -0.535. The Morgan fingerprint density at radius 1 is 1.03 bits per heavy atom. The third-order valence-electron chi connectivity index (χ3n) is 5.72. The SMILES string of the molecule is NCCc1ccc(Oc2ccc(F)c(C(=O)N3CCC(c4ccncc4)CC3)c2)cc1. The first-order valence-electron chi connectivity index (χ1n) is 10.6. The molecule has 0 saturated carbocycles. The van der Waals surface area contributed by atoms with E-state index in [-0.39, 0.29) is 11.5 Å². The molecule has 0 atom stereocenters. The van der Waals surface area contributed by atoms with Crippen LogP contribution in [-0.2, 0) is 6.42 Å². The van der Waals surface area contributed by atoms with Gasteiger partial charge >= 0.3 is 0 Å². The number of carbonyl (C=O) groups excluding carboxylic acids is 1. The molecule has 2 N–H and O–H groups in total. The number of halogens is 1. The largest absolute Gasteiger partial charge is 0.457 e. The van der Waals surface area contributed by atoms with E-state index in [0.717, 1.165) is 24.8 Å². The van der Waals surface area contributed by atoms with Gasteiger partial charge in [0.2, 0.25) is 0 Å². The molecule has 0 aliphatic carbocycles. The lowest BCUT2D eigenvalue weighted by Crippen LogP contribution is -2.38. The van der Waals surface area contributed by atoms with Gasteiger partial charge in [-0.15, -0.1) is 0 Å². The van der Waals surface area contributed by atoms with Crippen LogP contribution in [0.3, 0.4) is 0 Å². The molecule has 1 aliphatic rings. The van der Waals surface area contributed by atoms with Gasteiger partial charge in [0.15, 0.2) is 0 Å². The fraction of sp³-hybridized carbons (Fsp3) is 0.280. The van der Waals surface area contributed by atoms with Crippen LogP contribution in [0.15, 0.2) is 67.0 Å². The summed E-state index contributed by atoms with van der Waals surface area (Å²) in [5.41, 5.74) is 7.98. The minimum absolute atomic E-state index is 0.0413. The molecule has 160 valence electrons. The fourth-order valence-corrected chi connectivity index (χ4v) is 3.98. The second kappa shape index (κ2) is 9.71. The van der Waals surface area contributed by atoms with Crippen LogP contribution in [0.25, 0.3) is 0 Å². The highest BCUT2D eigenvalue weighted by Gasteiger charge is 2.26. The van der Waals surface area contributed by atoms with E-state index in [1.165, 1.54) is 23.8 Å². The van der Waals surface area contributed by atoms with E-state index in [2.05, 4.69) is 4.98 Å². The van der Waals surface area contributed by atoms with Crippen LogP contribution in [0.4, 0.5) is 4.39 Å². The molecular formula is C25H26FN3O2. The first-order chi connectivity index (χ1) is 15.1. The van der Waals surface area contributed by atoms with E-state index in [1.54, 1.807) is 17.3 Å². The van der Waals surface area contributed by atoms with Gasteiger partial charge < -0.3 is 15.4 Å². The van der Waals surface area contributed by atoms with Gasteiger partial charge in [-0.3, -0.25) is 9.78 Å². The molecule has 3 aromatic rings. The van der Waals surface area contributed by atoms with Gasteiger partial charge in [-0.1, -0.05) is 12.1 Å². The topological polar surface area (TPSA) is 68.5 Å². The Morgan fingerprint density at radius 3 is 2.39 bits per heavy atom. The second-order valence-corrected chi connectivity index (χ2v) is 7.77. The molecular weight excluding hydrogens is 393 g/mol. The molecule has 2 heterocycles. The van der Waals surface area contributed by atoms with Crippen molar-refractivity contribution in [3.05, 3.63) is 89.5 Å². The van der Waals surface area contributed by atoms with E-state index < -0.39 is 5.82 Å². The van der Waals surface area contributed by atoms with E-state index in [1.807, 2.05) is 36.4 Å². The van der Waals surface area contributed by atoms with Crippen LogP contribution in [-0.4, -0.2) is 35.4 Å². The molecule has 1 saturated heterocycles. The summed E-state index contributed by atoms with van der Waals surface area (Å²) in [4.78, 5) is 18.8. The molecule has 0 unspecified atom stereocenters. The van der Waals surface area contributed by atoms with Crippen LogP contribution in [0, 0.1) is 5.82 Å². The molecule has 1 fully saturated rings. The zero-order valence-electron chi connectivity index (χ0n) is 17.3. The molecule has 1 aliphatic heterocycles. The second-order valence-electron chi connectivity index (χ2n) is 7.77. The Balaban J connectivity index is 1.42. The summed E-state index contributed by atoms with van der Waals surface area (Å²) in [5.74, 6) is 0.627. The first-order valence-corrected chi connectivity index (χ1v) is 10.6. The first kappa shape index (κ1) is 21.0. The Bertz CT molecular complexity index is 1020. The summed E-state index contributed by atoms with van der Waals surface area (Å²) >= 11 is 0. The zero-order valence-corrected chi connectivity index (χ0v) is 17.3. The summed E-state index contributed by atoms with van der Waals surface area (Å²) in [6.45, 7) is 1.78. The molecule has 2 aromatic carbocycles. The van der Waals surface area contributed by atoms with Gasteiger partial charge in [0.1, 0.15) is 17.3 Å². The highest BCUT2D eigenvalue weighted by Crippen LogP contribution is 2.30. The predicted octanol–water partition coefficient (Wildman–Crippen LogP) is 4.53. The Morgan fingerprint density at radius 2 is 1.71 bits per heavy atom. The summed E-state index contributed by atoms with van der Waals surface area (Å²) in [6, 6.07) is 15.9. The number of hydrogen-bond acceptors (Lipinski definition) is 4. The number of nitrogens with zero attached hydrogens (tertiary/aromatic N) is 2. The lowest BCUT2D eigenvalue weighted by Gasteiger charge is -2.32. The third kappa shape index (κ3) is 5.09. The van der Waals surface area contributed by atoms with Crippen molar-refractivity contribution in [2.75, 3.05) is 19.6 Å².